The third-order valence-corrected chi connectivity index (χ3v) is 4.67. The lowest BCUT2D eigenvalue weighted by Crippen LogP contribution is -2.43. The molecule has 3 rings (SSSR count). The van der Waals surface area contributed by atoms with E-state index in [4.69, 9.17) is 11.6 Å². The van der Waals surface area contributed by atoms with Crippen molar-refractivity contribution in [2.24, 2.45) is 5.92 Å². The lowest BCUT2D eigenvalue weighted by atomic mass is 9.91. The Hall–Kier alpha value is -1.31. The van der Waals surface area contributed by atoms with Crippen LogP contribution in [0.15, 0.2) is 24.4 Å². The number of aliphatic hydroxyl groups is 1. The molecule has 0 amide bonds. The molecule has 0 radical (unpaired) electrons. The highest BCUT2D eigenvalue weighted by Crippen LogP contribution is 2.32. The van der Waals surface area contributed by atoms with Crippen molar-refractivity contribution < 1.29 is 18.3 Å². The molecule has 8 heteroatoms. The molecule has 4 nitrogen and oxygen atoms in total. The van der Waals surface area contributed by atoms with E-state index in [1.165, 1.54) is 0 Å². The molecule has 0 saturated carbocycles. The first kappa shape index (κ1) is 16.5. The molecule has 0 aromatic carbocycles. The van der Waals surface area contributed by atoms with E-state index < -0.39 is 18.2 Å². The number of rotatable bonds is 3. The molecule has 1 atom stereocenters. The van der Waals surface area contributed by atoms with Crippen LogP contribution in [-0.2, 0) is 6.54 Å². The van der Waals surface area contributed by atoms with E-state index in [1.54, 1.807) is 0 Å². The molecule has 2 aromatic rings. The normalized spacial score (nSPS) is 19.3. The zero-order valence-corrected chi connectivity index (χ0v) is 13.1. The second kappa shape index (κ2) is 6.30. The molecule has 1 saturated heterocycles. The van der Waals surface area contributed by atoms with Crippen molar-refractivity contribution in [1.82, 2.24) is 14.3 Å². The molecular formula is C15H17ClF3N3O. The highest BCUT2D eigenvalue weighted by molar-refractivity contribution is 6.30. The minimum Gasteiger partial charge on any atom is -0.383 e. The molecule has 0 bridgehead atoms. The van der Waals surface area contributed by atoms with Crippen LogP contribution in [-0.4, -0.2) is 44.8 Å². The number of pyridine rings is 1. The molecule has 126 valence electrons. The van der Waals surface area contributed by atoms with Crippen molar-refractivity contribution >= 4 is 17.2 Å². The predicted molar refractivity (Wildman–Crippen MR) is 80.3 cm³/mol. The predicted octanol–water partition coefficient (Wildman–Crippen LogP) is 3.12. The van der Waals surface area contributed by atoms with Gasteiger partial charge >= 0.3 is 6.18 Å². The molecule has 1 aliphatic heterocycles. The number of halogens is 4. The van der Waals surface area contributed by atoms with Gasteiger partial charge in [-0.15, -0.1) is 0 Å². The molecule has 2 aromatic heterocycles. The summed E-state index contributed by atoms with van der Waals surface area (Å²) in [5.41, 5.74) is 1.58. The first-order valence-corrected chi connectivity index (χ1v) is 7.82. The van der Waals surface area contributed by atoms with Crippen molar-refractivity contribution in [2.45, 2.75) is 31.7 Å². The molecule has 1 N–H and O–H groups in total. The summed E-state index contributed by atoms with van der Waals surface area (Å²) in [7, 11) is 0. The standard InChI is InChI=1S/C15H17ClF3N3O/c16-14-11(22-6-2-1-3-12(22)20-14)9-21-7-4-10(5-8-21)13(23)15(17,18)19/h1-3,6,10,13,23H,4-5,7-9H2. The van der Waals surface area contributed by atoms with Crippen molar-refractivity contribution in [2.75, 3.05) is 13.1 Å². The van der Waals surface area contributed by atoms with Gasteiger partial charge in [0.1, 0.15) is 5.65 Å². The Labute approximate surface area is 136 Å². The van der Waals surface area contributed by atoms with Gasteiger partial charge in [0.25, 0.3) is 0 Å². The maximum absolute atomic E-state index is 12.6. The molecule has 0 spiro atoms. The molecule has 0 aliphatic carbocycles. The molecule has 3 heterocycles. The van der Waals surface area contributed by atoms with Crippen LogP contribution in [0.25, 0.3) is 5.65 Å². The first-order chi connectivity index (χ1) is 10.9. The monoisotopic (exact) mass is 347 g/mol. The highest BCUT2D eigenvalue weighted by Gasteiger charge is 2.44. The van der Waals surface area contributed by atoms with Gasteiger partial charge < -0.3 is 9.51 Å². The molecule has 23 heavy (non-hydrogen) atoms. The summed E-state index contributed by atoms with van der Waals surface area (Å²) in [6, 6.07) is 5.59. The maximum Gasteiger partial charge on any atom is 0.414 e. The highest BCUT2D eigenvalue weighted by atomic mass is 35.5. The van der Waals surface area contributed by atoms with Crippen molar-refractivity contribution in [1.29, 1.82) is 0 Å². The van der Waals surface area contributed by atoms with E-state index in [9.17, 15) is 18.3 Å². The summed E-state index contributed by atoms with van der Waals surface area (Å²) in [6.45, 7) is 1.52. The molecular weight excluding hydrogens is 331 g/mol. The number of aliphatic hydroxyl groups excluding tert-OH is 1. The molecule has 1 unspecified atom stereocenters. The minimum absolute atomic E-state index is 0.315. The Morgan fingerprint density at radius 1 is 1.30 bits per heavy atom. The fraction of sp³-hybridized carbons (Fsp3) is 0.533. The minimum atomic E-state index is -4.54. The van der Waals surface area contributed by atoms with Gasteiger partial charge in [0.2, 0.25) is 0 Å². The summed E-state index contributed by atoms with van der Waals surface area (Å²) in [6.07, 6.45) is -4.28. The van der Waals surface area contributed by atoms with Crippen molar-refractivity contribution in [3.8, 4) is 0 Å². The Morgan fingerprint density at radius 3 is 2.65 bits per heavy atom. The molecule has 1 aliphatic rings. The average molecular weight is 348 g/mol. The largest absolute Gasteiger partial charge is 0.414 e. The summed E-state index contributed by atoms with van der Waals surface area (Å²) in [4.78, 5) is 6.31. The summed E-state index contributed by atoms with van der Waals surface area (Å²) in [5.74, 6) is -0.732. The Kier molecular flexibility index (Phi) is 4.53. The summed E-state index contributed by atoms with van der Waals surface area (Å²) < 4.78 is 39.6. The lowest BCUT2D eigenvalue weighted by Gasteiger charge is -2.34. The van der Waals surface area contributed by atoms with E-state index in [2.05, 4.69) is 4.98 Å². The summed E-state index contributed by atoms with van der Waals surface area (Å²) in [5, 5.41) is 9.77. The summed E-state index contributed by atoms with van der Waals surface area (Å²) >= 11 is 6.18. The number of likely N-dealkylation sites (tertiary alicyclic amines) is 1. The zero-order chi connectivity index (χ0) is 16.6. The van der Waals surface area contributed by atoms with E-state index in [-0.39, 0.29) is 0 Å². The van der Waals surface area contributed by atoms with Gasteiger partial charge in [0, 0.05) is 12.7 Å². The topological polar surface area (TPSA) is 40.8 Å². The van der Waals surface area contributed by atoms with E-state index in [1.807, 2.05) is 33.7 Å². The van der Waals surface area contributed by atoms with Crippen LogP contribution in [0.3, 0.4) is 0 Å². The van der Waals surface area contributed by atoms with E-state index in [0.29, 0.717) is 37.6 Å². The lowest BCUT2D eigenvalue weighted by molar-refractivity contribution is -0.223. The average Bonchev–Trinajstić information content (AvgIpc) is 2.82. The van der Waals surface area contributed by atoms with Crippen LogP contribution in [0.1, 0.15) is 18.5 Å². The van der Waals surface area contributed by atoms with Crippen LogP contribution < -0.4 is 0 Å². The third-order valence-electron chi connectivity index (χ3n) is 4.37. The van der Waals surface area contributed by atoms with Gasteiger partial charge in [0.05, 0.1) is 5.69 Å². The van der Waals surface area contributed by atoms with Gasteiger partial charge in [-0.25, -0.2) is 4.98 Å². The van der Waals surface area contributed by atoms with Gasteiger partial charge in [-0.05, 0) is 44.0 Å². The zero-order valence-electron chi connectivity index (χ0n) is 12.3. The number of hydrogen-bond acceptors (Lipinski definition) is 3. The second-order valence-corrected chi connectivity index (χ2v) is 6.24. The van der Waals surface area contributed by atoms with Crippen LogP contribution in [0.2, 0.25) is 5.15 Å². The fourth-order valence-electron chi connectivity index (χ4n) is 3.07. The first-order valence-electron chi connectivity index (χ1n) is 7.45. The smallest absolute Gasteiger partial charge is 0.383 e. The number of hydrogen-bond donors (Lipinski definition) is 1. The fourth-order valence-corrected chi connectivity index (χ4v) is 3.30. The Morgan fingerprint density at radius 2 is 2.00 bits per heavy atom. The van der Waals surface area contributed by atoms with E-state index in [0.717, 1.165) is 11.3 Å². The number of imidazole rings is 1. The number of piperidine rings is 1. The maximum atomic E-state index is 12.6. The van der Waals surface area contributed by atoms with Gasteiger partial charge in [-0.3, -0.25) is 4.90 Å². The third kappa shape index (κ3) is 3.46. The van der Waals surface area contributed by atoms with Crippen LogP contribution in [0.5, 0.6) is 0 Å². The van der Waals surface area contributed by atoms with Crippen LogP contribution in [0.4, 0.5) is 13.2 Å². The van der Waals surface area contributed by atoms with Crippen LogP contribution >= 0.6 is 11.6 Å². The van der Waals surface area contributed by atoms with Gasteiger partial charge in [-0.2, -0.15) is 13.2 Å². The second-order valence-electron chi connectivity index (χ2n) is 5.88. The Balaban J connectivity index is 1.66. The number of fused-ring (bicyclic) bond motifs is 1. The van der Waals surface area contributed by atoms with E-state index >= 15 is 0 Å². The van der Waals surface area contributed by atoms with Crippen molar-refractivity contribution in [3.05, 3.63) is 35.2 Å². The number of alkyl halides is 3. The number of nitrogens with zero attached hydrogens (tertiary/aromatic N) is 3. The van der Waals surface area contributed by atoms with Crippen LogP contribution in [0, 0.1) is 5.92 Å². The SMILES string of the molecule is OC(C1CCN(Cc2c(Cl)nc3ccccn23)CC1)C(F)(F)F. The molecule has 1 fully saturated rings. The van der Waals surface area contributed by atoms with Gasteiger partial charge in [-0.1, -0.05) is 17.7 Å². The quantitative estimate of drug-likeness (QED) is 0.927. The Bertz CT molecular complexity index is 680. The number of aromatic nitrogens is 2. The van der Waals surface area contributed by atoms with Gasteiger partial charge in [0.15, 0.2) is 11.3 Å². The van der Waals surface area contributed by atoms with Crippen molar-refractivity contribution in [3.63, 3.8) is 0 Å².